The first-order valence-corrected chi connectivity index (χ1v) is 5.52. The highest BCUT2D eigenvalue weighted by Crippen LogP contribution is 2.18. The molecule has 0 aliphatic rings. The highest BCUT2D eigenvalue weighted by molar-refractivity contribution is 9.10. The van der Waals surface area contributed by atoms with Crippen molar-refractivity contribution >= 4 is 21.7 Å². The molecule has 0 saturated heterocycles. The molecule has 1 aromatic heterocycles. The Morgan fingerprint density at radius 3 is 2.43 bits per heavy atom. The van der Waals surface area contributed by atoms with E-state index in [0.29, 0.717) is 12.0 Å². The van der Waals surface area contributed by atoms with Crippen molar-refractivity contribution in [2.45, 2.75) is 26.8 Å². The molecule has 1 unspecified atom stereocenters. The third-order valence-electron chi connectivity index (χ3n) is 2.56. The molecule has 0 bridgehead atoms. The van der Waals surface area contributed by atoms with Crippen LogP contribution < -0.4 is 4.90 Å². The fraction of sp³-hybridized carbons (Fsp3) is 0.600. The van der Waals surface area contributed by atoms with Crippen LogP contribution in [-0.2, 0) is 0 Å². The number of rotatable bonds is 3. The molecule has 14 heavy (non-hydrogen) atoms. The van der Waals surface area contributed by atoms with Crippen LogP contribution in [0, 0.1) is 5.92 Å². The summed E-state index contributed by atoms with van der Waals surface area (Å²) in [5, 5.41) is 0. The zero-order chi connectivity index (χ0) is 10.7. The van der Waals surface area contributed by atoms with E-state index in [2.05, 4.69) is 58.6 Å². The Labute approximate surface area is 93.7 Å². The lowest BCUT2D eigenvalue weighted by Gasteiger charge is -2.28. The highest BCUT2D eigenvalue weighted by Gasteiger charge is 2.14. The van der Waals surface area contributed by atoms with Crippen molar-refractivity contribution < 1.29 is 0 Å². The first-order chi connectivity index (χ1) is 6.52. The summed E-state index contributed by atoms with van der Waals surface area (Å²) in [5.74, 6) is 1.56. The summed E-state index contributed by atoms with van der Waals surface area (Å²) in [6, 6.07) is 2.40. The van der Waals surface area contributed by atoms with E-state index in [9.17, 15) is 0 Å². The van der Waals surface area contributed by atoms with Crippen LogP contribution in [-0.4, -0.2) is 23.1 Å². The topological polar surface area (TPSA) is 29.0 Å². The van der Waals surface area contributed by atoms with Crippen molar-refractivity contribution in [3.8, 4) is 0 Å². The molecule has 0 aromatic carbocycles. The van der Waals surface area contributed by atoms with Gasteiger partial charge in [-0.05, 0) is 28.8 Å². The average Bonchev–Trinajstić information content (AvgIpc) is 2.15. The molecule has 1 atom stereocenters. The number of halogens is 1. The van der Waals surface area contributed by atoms with Gasteiger partial charge in [0.2, 0.25) is 0 Å². The summed E-state index contributed by atoms with van der Waals surface area (Å²) in [4.78, 5) is 10.4. The van der Waals surface area contributed by atoms with Gasteiger partial charge in [0.1, 0.15) is 16.7 Å². The van der Waals surface area contributed by atoms with E-state index in [-0.39, 0.29) is 0 Å². The van der Waals surface area contributed by atoms with Gasteiger partial charge in [-0.25, -0.2) is 9.97 Å². The van der Waals surface area contributed by atoms with Crippen LogP contribution in [0.15, 0.2) is 17.0 Å². The largest absolute Gasteiger partial charge is 0.357 e. The maximum Gasteiger partial charge on any atom is 0.133 e. The molecule has 0 amide bonds. The predicted molar refractivity (Wildman–Crippen MR) is 62.4 cm³/mol. The summed E-state index contributed by atoms with van der Waals surface area (Å²) < 4.78 is 0.824. The van der Waals surface area contributed by atoms with Gasteiger partial charge in [0, 0.05) is 19.2 Å². The second kappa shape index (κ2) is 4.73. The smallest absolute Gasteiger partial charge is 0.133 e. The molecular weight excluding hydrogens is 242 g/mol. The van der Waals surface area contributed by atoms with Crippen LogP contribution >= 0.6 is 15.9 Å². The number of hydrogen-bond donors (Lipinski definition) is 0. The van der Waals surface area contributed by atoms with Gasteiger partial charge < -0.3 is 4.90 Å². The lowest BCUT2D eigenvalue weighted by atomic mass is 10.1. The minimum Gasteiger partial charge on any atom is -0.357 e. The van der Waals surface area contributed by atoms with Gasteiger partial charge in [0.15, 0.2) is 0 Å². The Morgan fingerprint density at radius 2 is 1.93 bits per heavy atom. The maximum atomic E-state index is 4.23. The Balaban J connectivity index is 2.83. The minimum atomic E-state index is 0.469. The summed E-state index contributed by atoms with van der Waals surface area (Å²) in [6.45, 7) is 6.61. The van der Waals surface area contributed by atoms with Crippen LogP contribution in [0.5, 0.6) is 0 Å². The number of anilines is 1. The average molecular weight is 258 g/mol. The van der Waals surface area contributed by atoms with Gasteiger partial charge in [-0.15, -0.1) is 0 Å². The van der Waals surface area contributed by atoms with Crippen molar-refractivity contribution in [3.63, 3.8) is 0 Å². The Hall–Kier alpha value is -0.640. The Bertz CT molecular complexity index is 301. The van der Waals surface area contributed by atoms with E-state index >= 15 is 0 Å². The molecule has 1 aromatic rings. The zero-order valence-electron chi connectivity index (χ0n) is 9.03. The monoisotopic (exact) mass is 257 g/mol. The van der Waals surface area contributed by atoms with Crippen molar-refractivity contribution in [2.24, 2.45) is 5.92 Å². The molecule has 78 valence electrons. The van der Waals surface area contributed by atoms with Gasteiger partial charge in [0.25, 0.3) is 0 Å². The van der Waals surface area contributed by atoms with E-state index in [1.807, 2.05) is 6.07 Å². The number of nitrogens with zero attached hydrogens (tertiary/aromatic N) is 3. The second-order valence-electron chi connectivity index (χ2n) is 3.79. The zero-order valence-corrected chi connectivity index (χ0v) is 10.6. The molecule has 0 aliphatic carbocycles. The molecule has 4 heteroatoms. The maximum absolute atomic E-state index is 4.23. The fourth-order valence-electron chi connectivity index (χ4n) is 1.17. The van der Waals surface area contributed by atoms with Crippen molar-refractivity contribution in [1.29, 1.82) is 0 Å². The lowest BCUT2D eigenvalue weighted by Crippen LogP contribution is -2.33. The summed E-state index contributed by atoms with van der Waals surface area (Å²) in [6.07, 6.45) is 1.57. The van der Waals surface area contributed by atoms with E-state index in [4.69, 9.17) is 0 Å². The first-order valence-electron chi connectivity index (χ1n) is 4.72. The number of hydrogen-bond acceptors (Lipinski definition) is 3. The van der Waals surface area contributed by atoms with E-state index in [1.165, 1.54) is 0 Å². The van der Waals surface area contributed by atoms with Crippen molar-refractivity contribution in [2.75, 3.05) is 11.9 Å². The minimum absolute atomic E-state index is 0.469. The van der Waals surface area contributed by atoms with Crippen LogP contribution in [0.2, 0.25) is 0 Å². The van der Waals surface area contributed by atoms with Crippen LogP contribution in [0.3, 0.4) is 0 Å². The Morgan fingerprint density at radius 1 is 1.29 bits per heavy atom. The molecule has 0 saturated carbocycles. The second-order valence-corrected chi connectivity index (χ2v) is 4.61. The van der Waals surface area contributed by atoms with Gasteiger partial charge >= 0.3 is 0 Å². The molecular formula is C10H16BrN3. The fourth-order valence-corrected chi connectivity index (χ4v) is 1.47. The summed E-state index contributed by atoms with van der Waals surface area (Å²) >= 11 is 3.34. The van der Waals surface area contributed by atoms with Crippen LogP contribution in [0.1, 0.15) is 20.8 Å². The molecule has 1 rings (SSSR count). The summed E-state index contributed by atoms with van der Waals surface area (Å²) in [7, 11) is 2.06. The normalized spacial score (nSPS) is 13.0. The first kappa shape index (κ1) is 11.4. The van der Waals surface area contributed by atoms with Crippen molar-refractivity contribution in [1.82, 2.24) is 9.97 Å². The SMILES string of the molecule is CC(C)C(C)N(C)c1cc(Br)ncn1. The molecule has 0 spiro atoms. The van der Waals surface area contributed by atoms with Gasteiger partial charge in [-0.1, -0.05) is 13.8 Å². The van der Waals surface area contributed by atoms with Gasteiger partial charge in [-0.2, -0.15) is 0 Å². The van der Waals surface area contributed by atoms with Gasteiger partial charge in [0.05, 0.1) is 0 Å². The van der Waals surface area contributed by atoms with E-state index in [1.54, 1.807) is 6.33 Å². The number of aromatic nitrogens is 2. The molecule has 0 aliphatic heterocycles. The van der Waals surface area contributed by atoms with Gasteiger partial charge in [-0.3, -0.25) is 0 Å². The molecule has 3 nitrogen and oxygen atoms in total. The molecule has 0 fully saturated rings. The quantitative estimate of drug-likeness (QED) is 0.780. The third-order valence-corrected chi connectivity index (χ3v) is 2.99. The standard InChI is InChI=1S/C10H16BrN3/c1-7(2)8(3)14(4)10-5-9(11)12-6-13-10/h5-8H,1-4H3. The highest BCUT2D eigenvalue weighted by atomic mass is 79.9. The van der Waals surface area contributed by atoms with Crippen LogP contribution in [0.4, 0.5) is 5.82 Å². The lowest BCUT2D eigenvalue weighted by molar-refractivity contribution is 0.502. The van der Waals surface area contributed by atoms with E-state index < -0.39 is 0 Å². The Kier molecular flexibility index (Phi) is 3.86. The molecule has 0 radical (unpaired) electrons. The van der Waals surface area contributed by atoms with E-state index in [0.717, 1.165) is 10.4 Å². The van der Waals surface area contributed by atoms with Crippen molar-refractivity contribution in [3.05, 3.63) is 17.0 Å². The third kappa shape index (κ3) is 2.67. The molecule has 1 heterocycles. The molecule has 0 N–H and O–H groups in total. The van der Waals surface area contributed by atoms with Crippen LogP contribution in [0.25, 0.3) is 0 Å². The predicted octanol–water partition coefficient (Wildman–Crippen LogP) is 2.72. The summed E-state index contributed by atoms with van der Waals surface area (Å²) in [5.41, 5.74) is 0.